The Labute approximate surface area is 132 Å². The highest BCUT2D eigenvalue weighted by molar-refractivity contribution is 5.84. The second-order valence-corrected chi connectivity index (χ2v) is 7.71. The van der Waals surface area contributed by atoms with Crippen LogP contribution in [0.5, 0.6) is 5.88 Å². The zero-order valence-electron chi connectivity index (χ0n) is 14.0. The summed E-state index contributed by atoms with van der Waals surface area (Å²) >= 11 is 0. The number of ether oxygens (including phenoxy) is 1. The lowest BCUT2D eigenvalue weighted by molar-refractivity contribution is -0.142. The van der Waals surface area contributed by atoms with Crippen molar-refractivity contribution in [2.24, 2.45) is 17.8 Å². The summed E-state index contributed by atoms with van der Waals surface area (Å²) in [6.45, 7) is 8.92. The van der Waals surface area contributed by atoms with Gasteiger partial charge < -0.3 is 4.74 Å². The van der Waals surface area contributed by atoms with E-state index in [0.717, 1.165) is 18.7 Å². The van der Waals surface area contributed by atoms with Crippen LogP contribution in [0, 0.1) is 17.8 Å². The number of Topliss-reactive ketones (excluding diaryl/α,β-unsaturated/α-hetero) is 1. The Hall–Kier alpha value is -1.42. The Kier molecular flexibility index (Phi) is 3.98. The molecule has 0 spiro atoms. The van der Waals surface area contributed by atoms with Crippen molar-refractivity contribution in [3.63, 3.8) is 0 Å². The van der Waals surface area contributed by atoms with Gasteiger partial charge in [0.15, 0.2) is 0 Å². The van der Waals surface area contributed by atoms with Crippen molar-refractivity contribution in [3.8, 4) is 5.88 Å². The summed E-state index contributed by atoms with van der Waals surface area (Å²) in [6.07, 6.45) is 3.49. The summed E-state index contributed by atoms with van der Waals surface area (Å²) < 4.78 is 5.06. The molecule has 4 heteroatoms. The number of pyridine rings is 1. The van der Waals surface area contributed by atoms with E-state index in [2.05, 4.69) is 30.7 Å². The number of ketones is 1. The molecule has 1 aromatic heterocycles. The van der Waals surface area contributed by atoms with E-state index in [4.69, 9.17) is 4.74 Å². The van der Waals surface area contributed by atoms with Crippen LogP contribution in [0.3, 0.4) is 0 Å². The first-order valence-electron chi connectivity index (χ1n) is 8.15. The zero-order valence-corrected chi connectivity index (χ0v) is 14.0. The maximum absolute atomic E-state index is 12.6. The number of rotatable bonds is 4. The largest absolute Gasteiger partial charge is 0.481 e. The fourth-order valence-corrected chi connectivity index (χ4v) is 3.92. The van der Waals surface area contributed by atoms with E-state index in [9.17, 15) is 4.79 Å². The van der Waals surface area contributed by atoms with Gasteiger partial charge in [0.05, 0.1) is 7.11 Å². The van der Waals surface area contributed by atoms with Gasteiger partial charge in [-0.25, -0.2) is 4.98 Å². The summed E-state index contributed by atoms with van der Waals surface area (Å²) in [5.41, 5.74) is 1.20. The average molecular weight is 302 g/mol. The van der Waals surface area contributed by atoms with Crippen LogP contribution in [0.15, 0.2) is 18.3 Å². The van der Waals surface area contributed by atoms with E-state index in [1.165, 1.54) is 6.42 Å². The Morgan fingerprint density at radius 2 is 2.00 bits per heavy atom. The van der Waals surface area contributed by atoms with E-state index in [1.807, 2.05) is 12.1 Å². The summed E-state index contributed by atoms with van der Waals surface area (Å²) in [4.78, 5) is 19.4. The lowest BCUT2D eigenvalue weighted by Gasteiger charge is -2.56. The summed E-state index contributed by atoms with van der Waals surface area (Å²) in [6, 6.07) is 3.77. The van der Waals surface area contributed by atoms with E-state index in [1.54, 1.807) is 13.3 Å². The molecule has 3 rings (SSSR count). The minimum absolute atomic E-state index is 0.213. The second-order valence-electron chi connectivity index (χ2n) is 7.71. The second kappa shape index (κ2) is 5.65. The number of piperidine rings is 2. The highest BCUT2D eigenvalue weighted by atomic mass is 16.5. The number of hydrogen-bond acceptors (Lipinski definition) is 4. The van der Waals surface area contributed by atoms with Gasteiger partial charge in [0.1, 0.15) is 5.78 Å². The summed E-state index contributed by atoms with van der Waals surface area (Å²) in [5.74, 6) is 2.35. The lowest BCUT2D eigenvalue weighted by Crippen LogP contribution is -2.61. The van der Waals surface area contributed by atoms with Crippen molar-refractivity contribution in [1.29, 1.82) is 0 Å². The fraction of sp³-hybridized carbons (Fsp3) is 0.667. The first-order chi connectivity index (χ1) is 10.4. The molecule has 2 fully saturated rings. The number of nitrogens with zero attached hydrogens (tertiary/aromatic N) is 2. The van der Waals surface area contributed by atoms with Crippen LogP contribution < -0.4 is 4.74 Å². The van der Waals surface area contributed by atoms with Gasteiger partial charge in [-0.2, -0.15) is 0 Å². The molecule has 1 saturated heterocycles. The smallest absolute Gasteiger partial charge is 0.212 e. The number of hydrogen-bond donors (Lipinski definition) is 0. The maximum atomic E-state index is 12.6. The molecule has 1 aliphatic carbocycles. The monoisotopic (exact) mass is 302 g/mol. The van der Waals surface area contributed by atoms with Crippen LogP contribution in [0.2, 0.25) is 0 Å². The van der Waals surface area contributed by atoms with Gasteiger partial charge >= 0.3 is 0 Å². The Balaban J connectivity index is 1.60. The van der Waals surface area contributed by atoms with Crippen LogP contribution in [0.25, 0.3) is 0 Å². The predicted octanol–water partition coefficient (Wildman–Crippen LogP) is 2.57. The number of carbonyl (C=O) groups excluding carboxylic acids is 1. The van der Waals surface area contributed by atoms with E-state index in [-0.39, 0.29) is 11.5 Å². The quantitative estimate of drug-likeness (QED) is 0.857. The molecule has 2 aliphatic rings. The summed E-state index contributed by atoms with van der Waals surface area (Å²) in [5, 5.41) is 0. The molecule has 1 aliphatic heterocycles. The first kappa shape index (κ1) is 15.5. The number of methoxy groups -OCH3 is 1. The first-order valence-corrected chi connectivity index (χ1v) is 8.15. The van der Waals surface area contributed by atoms with Gasteiger partial charge in [0.2, 0.25) is 5.88 Å². The molecule has 120 valence electrons. The topological polar surface area (TPSA) is 42.4 Å². The minimum atomic E-state index is 0.213. The number of carbonyl (C=O) groups is 1. The van der Waals surface area contributed by atoms with Crippen LogP contribution in [0.1, 0.15) is 32.8 Å². The molecule has 2 unspecified atom stereocenters. The molecule has 0 amide bonds. The van der Waals surface area contributed by atoms with Crippen LogP contribution in [-0.2, 0) is 11.2 Å². The van der Waals surface area contributed by atoms with Crippen molar-refractivity contribution in [2.45, 2.75) is 39.2 Å². The van der Waals surface area contributed by atoms with Crippen molar-refractivity contribution < 1.29 is 9.53 Å². The van der Waals surface area contributed by atoms with Gasteiger partial charge in [0.25, 0.3) is 0 Å². The molecule has 2 atom stereocenters. The van der Waals surface area contributed by atoms with Crippen molar-refractivity contribution in [3.05, 3.63) is 23.9 Å². The molecule has 2 bridgehead atoms. The molecule has 0 radical (unpaired) electrons. The molecule has 0 aromatic carbocycles. The van der Waals surface area contributed by atoms with Crippen molar-refractivity contribution in [1.82, 2.24) is 9.88 Å². The zero-order chi connectivity index (χ0) is 15.9. The van der Waals surface area contributed by atoms with Gasteiger partial charge in [-0.3, -0.25) is 9.69 Å². The molecule has 2 heterocycles. The molecular formula is C18H26N2O2. The van der Waals surface area contributed by atoms with Crippen LogP contribution in [-0.4, -0.2) is 41.4 Å². The molecule has 22 heavy (non-hydrogen) atoms. The van der Waals surface area contributed by atoms with Gasteiger partial charge in [-0.1, -0.05) is 6.07 Å². The standard InChI is InChI=1S/C18H26N2O2/c1-18(2,3)20-10-13-8-14(11-20)17(13)15(21)7-12-5-6-16(22-4)19-9-12/h5-6,9,13-14,17H,7-8,10-11H2,1-4H3. The SMILES string of the molecule is COc1ccc(CC(=O)C2C3CC2CN(C(C)(C)C)C3)cn1. The van der Waals surface area contributed by atoms with Crippen LogP contribution >= 0.6 is 0 Å². The Morgan fingerprint density at radius 3 is 2.50 bits per heavy atom. The normalized spacial score (nSPS) is 28.1. The molecule has 0 N–H and O–H groups in total. The maximum Gasteiger partial charge on any atom is 0.212 e. The van der Waals surface area contributed by atoms with Crippen LogP contribution in [0.4, 0.5) is 0 Å². The average Bonchev–Trinajstić information content (AvgIpc) is 2.47. The van der Waals surface area contributed by atoms with E-state index in [0.29, 0.717) is 29.9 Å². The Morgan fingerprint density at radius 1 is 1.32 bits per heavy atom. The van der Waals surface area contributed by atoms with Crippen molar-refractivity contribution >= 4 is 5.78 Å². The molecule has 1 aromatic rings. The van der Waals surface area contributed by atoms with Gasteiger partial charge in [-0.15, -0.1) is 0 Å². The number of fused-ring (bicyclic) bond motifs is 2. The third-order valence-electron chi connectivity index (χ3n) is 5.24. The summed E-state index contributed by atoms with van der Waals surface area (Å²) in [7, 11) is 1.60. The molecule has 1 saturated carbocycles. The fourth-order valence-electron chi connectivity index (χ4n) is 3.92. The van der Waals surface area contributed by atoms with Gasteiger partial charge in [0, 0.05) is 43.2 Å². The predicted molar refractivity (Wildman–Crippen MR) is 85.9 cm³/mol. The Bertz CT molecular complexity index is 535. The third kappa shape index (κ3) is 2.89. The van der Waals surface area contributed by atoms with Crippen molar-refractivity contribution in [2.75, 3.05) is 20.2 Å². The number of likely N-dealkylation sites (tertiary alicyclic amines) is 1. The minimum Gasteiger partial charge on any atom is -0.481 e. The third-order valence-corrected chi connectivity index (χ3v) is 5.24. The molecule has 4 nitrogen and oxygen atoms in total. The number of aromatic nitrogens is 1. The van der Waals surface area contributed by atoms with E-state index < -0.39 is 0 Å². The lowest BCUT2D eigenvalue weighted by atomic mass is 9.59. The highest BCUT2D eigenvalue weighted by Gasteiger charge is 2.51. The highest BCUT2D eigenvalue weighted by Crippen LogP contribution is 2.47. The molecular weight excluding hydrogens is 276 g/mol. The van der Waals surface area contributed by atoms with E-state index >= 15 is 0 Å². The van der Waals surface area contributed by atoms with Gasteiger partial charge in [-0.05, 0) is 44.6 Å².